The first kappa shape index (κ1) is 17.4. The number of imide groups is 1. The number of hydrogen-bond donors (Lipinski definition) is 2. The van der Waals surface area contributed by atoms with Crippen molar-refractivity contribution in [2.24, 2.45) is 5.92 Å². The highest BCUT2D eigenvalue weighted by Crippen LogP contribution is 2.25. The van der Waals surface area contributed by atoms with E-state index in [1.807, 2.05) is 30.3 Å². The third-order valence-corrected chi connectivity index (χ3v) is 5.17. The number of pyridine rings is 1. The van der Waals surface area contributed by atoms with Crippen LogP contribution in [0.2, 0.25) is 0 Å². The van der Waals surface area contributed by atoms with Gasteiger partial charge in [0.15, 0.2) is 0 Å². The molecule has 2 fully saturated rings. The van der Waals surface area contributed by atoms with E-state index in [9.17, 15) is 19.5 Å². The minimum absolute atomic E-state index is 0.0891. The third kappa shape index (κ3) is 3.48. The topological polar surface area (TPSA) is 103 Å². The van der Waals surface area contributed by atoms with Gasteiger partial charge in [-0.2, -0.15) is 0 Å². The van der Waals surface area contributed by atoms with Gasteiger partial charge in [0.2, 0.25) is 11.8 Å². The van der Waals surface area contributed by atoms with E-state index < -0.39 is 18.0 Å². The quantitative estimate of drug-likeness (QED) is 0.748. The Kier molecular flexibility index (Phi) is 4.49. The van der Waals surface area contributed by atoms with Gasteiger partial charge >= 0.3 is 6.03 Å². The highest BCUT2D eigenvalue weighted by Gasteiger charge is 2.36. The molecule has 0 saturated carbocycles. The molecule has 2 aliphatic rings. The molecule has 8 nitrogen and oxygen atoms in total. The number of amides is 4. The van der Waals surface area contributed by atoms with Crippen LogP contribution in [0.5, 0.6) is 0 Å². The van der Waals surface area contributed by atoms with Gasteiger partial charge in [0.05, 0.1) is 11.6 Å². The number of likely N-dealkylation sites (tertiary alicyclic amines) is 1. The minimum Gasteiger partial charge on any atom is -0.391 e. The van der Waals surface area contributed by atoms with E-state index in [0.29, 0.717) is 13.0 Å². The Morgan fingerprint density at radius 3 is 2.81 bits per heavy atom. The van der Waals surface area contributed by atoms with Crippen molar-refractivity contribution in [2.75, 3.05) is 26.2 Å². The molecule has 27 heavy (non-hydrogen) atoms. The summed E-state index contributed by atoms with van der Waals surface area (Å²) in [6.07, 6.45) is 1.76. The van der Waals surface area contributed by atoms with Crippen LogP contribution in [0.25, 0.3) is 10.9 Å². The van der Waals surface area contributed by atoms with Gasteiger partial charge in [-0.15, -0.1) is 0 Å². The van der Waals surface area contributed by atoms with Crippen LogP contribution in [0.3, 0.4) is 0 Å². The van der Waals surface area contributed by atoms with E-state index in [4.69, 9.17) is 0 Å². The highest BCUT2D eigenvalue weighted by molar-refractivity contribution is 6.03. The molecule has 0 aliphatic carbocycles. The number of nitrogens with one attached hydrogen (secondary N) is 1. The van der Waals surface area contributed by atoms with Gasteiger partial charge in [-0.25, -0.2) is 4.79 Å². The molecule has 8 heteroatoms. The van der Waals surface area contributed by atoms with Crippen molar-refractivity contribution in [3.05, 3.63) is 42.1 Å². The van der Waals surface area contributed by atoms with Crippen LogP contribution in [-0.4, -0.2) is 70.0 Å². The monoisotopic (exact) mass is 368 g/mol. The van der Waals surface area contributed by atoms with Crippen molar-refractivity contribution in [3.8, 4) is 0 Å². The summed E-state index contributed by atoms with van der Waals surface area (Å²) in [6, 6.07) is 9.24. The number of β-amino-alcohol motifs (C(OH)–C–C–N with tert-alkyl or cyclic N) is 1. The molecular formula is C19H20N4O4. The summed E-state index contributed by atoms with van der Waals surface area (Å²) in [7, 11) is 0. The van der Waals surface area contributed by atoms with Gasteiger partial charge in [0.1, 0.15) is 13.1 Å². The van der Waals surface area contributed by atoms with Crippen molar-refractivity contribution >= 4 is 28.7 Å². The van der Waals surface area contributed by atoms with Crippen molar-refractivity contribution in [1.29, 1.82) is 0 Å². The Bertz CT molecular complexity index is 910. The fraction of sp³-hybridized carbons (Fsp3) is 0.368. The molecule has 0 spiro atoms. The summed E-state index contributed by atoms with van der Waals surface area (Å²) in [5.74, 6) is -0.758. The van der Waals surface area contributed by atoms with E-state index in [0.717, 1.165) is 16.5 Å². The number of fused-ring (bicyclic) bond motifs is 1. The molecule has 0 radical (unpaired) electrons. The fourth-order valence-electron chi connectivity index (χ4n) is 3.75. The molecule has 4 amide bonds. The number of aliphatic hydroxyl groups is 1. The summed E-state index contributed by atoms with van der Waals surface area (Å²) >= 11 is 0. The van der Waals surface area contributed by atoms with Gasteiger partial charge in [0.25, 0.3) is 0 Å². The molecule has 2 aliphatic heterocycles. The zero-order chi connectivity index (χ0) is 19.0. The average molecular weight is 368 g/mol. The van der Waals surface area contributed by atoms with Gasteiger partial charge in [-0.1, -0.05) is 18.2 Å². The van der Waals surface area contributed by atoms with Gasteiger partial charge < -0.3 is 14.9 Å². The highest BCUT2D eigenvalue weighted by atomic mass is 16.3. The van der Waals surface area contributed by atoms with Crippen LogP contribution in [0.4, 0.5) is 4.79 Å². The number of carbonyl (C=O) groups excluding carboxylic acids is 3. The Labute approximate surface area is 155 Å². The lowest BCUT2D eigenvalue weighted by Crippen LogP contribution is -2.41. The Morgan fingerprint density at radius 1 is 1.22 bits per heavy atom. The van der Waals surface area contributed by atoms with Crippen molar-refractivity contribution < 1.29 is 19.5 Å². The predicted molar refractivity (Wildman–Crippen MR) is 96.6 cm³/mol. The van der Waals surface area contributed by atoms with E-state index in [-0.39, 0.29) is 31.5 Å². The molecule has 1 aromatic carbocycles. The summed E-state index contributed by atoms with van der Waals surface area (Å²) < 4.78 is 0. The maximum absolute atomic E-state index is 12.5. The molecular weight excluding hydrogens is 348 g/mol. The van der Waals surface area contributed by atoms with E-state index in [1.54, 1.807) is 11.1 Å². The van der Waals surface area contributed by atoms with Crippen molar-refractivity contribution in [2.45, 2.75) is 12.5 Å². The Hall–Kier alpha value is -3.00. The second kappa shape index (κ2) is 6.96. The van der Waals surface area contributed by atoms with Gasteiger partial charge in [-0.3, -0.25) is 19.9 Å². The lowest BCUT2D eigenvalue weighted by molar-refractivity contribution is -0.131. The SMILES string of the molecule is O=C1CN(CC(=O)N2C[C@@H](Cc3ccnc4ccccc34)[C@@H](O)C2)C(=O)N1. The second-order valence-electron chi connectivity index (χ2n) is 7.03. The van der Waals surface area contributed by atoms with E-state index >= 15 is 0 Å². The molecule has 140 valence electrons. The lowest BCUT2D eigenvalue weighted by atomic mass is 9.94. The predicted octanol–water partition coefficient (Wildman–Crippen LogP) is 0.148. The molecule has 2 atom stereocenters. The lowest BCUT2D eigenvalue weighted by Gasteiger charge is -2.20. The summed E-state index contributed by atoms with van der Waals surface area (Å²) in [4.78, 5) is 42.4. The number of benzene rings is 1. The molecule has 3 heterocycles. The minimum atomic E-state index is -0.630. The number of aliphatic hydroxyl groups excluding tert-OH is 1. The molecule has 2 aromatic rings. The first-order valence-electron chi connectivity index (χ1n) is 8.88. The number of urea groups is 1. The first-order chi connectivity index (χ1) is 13.0. The first-order valence-corrected chi connectivity index (χ1v) is 8.88. The number of para-hydroxylation sites is 1. The fourth-order valence-corrected chi connectivity index (χ4v) is 3.75. The van der Waals surface area contributed by atoms with Gasteiger partial charge in [-0.05, 0) is 24.1 Å². The number of aromatic nitrogens is 1. The summed E-state index contributed by atoms with van der Waals surface area (Å²) in [5, 5.41) is 13.6. The van der Waals surface area contributed by atoms with Crippen LogP contribution >= 0.6 is 0 Å². The van der Waals surface area contributed by atoms with E-state index in [1.165, 1.54) is 4.90 Å². The standard InChI is InChI=1S/C19H20N4O4/c24-16-9-22(18(26)11-23-10-17(25)21-19(23)27)8-13(16)7-12-5-6-20-15-4-2-1-3-14(12)15/h1-6,13,16,24H,7-11H2,(H,21,25,27)/t13-,16+/m1/s1. The van der Waals surface area contributed by atoms with Crippen molar-refractivity contribution in [3.63, 3.8) is 0 Å². The maximum Gasteiger partial charge on any atom is 0.325 e. The van der Waals surface area contributed by atoms with Crippen LogP contribution in [-0.2, 0) is 16.0 Å². The maximum atomic E-state index is 12.5. The van der Waals surface area contributed by atoms with Crippen LogP contribution in [0.1, 0.15) is 5.56 Å². The Morgan fingerprint density at radius 2 is 2.04 bits per heavy atom. The zero-order valence-corrected chi connectivity index (χ0v) is 14.7. The van der Waals surface area contributed by atoms with E-state index in [2.05, 4.69) is 10.3 Å². The number of carbonyl (C=O) groups is 3. The molecule has 2 saturated heterocycles. The normalized spacial score (nSPS) is 22.6. The Balaban J connectivity index is 1.43. The van der Waals surface area contributed by atoms with Crippen LogP contribution in [0.15, 0.2) is 36.5 Å². The van der Waals surface area contributed by atoms with Crippen molar-refractivity contribution in [1.82, 2.24) is 20.1 Å². The molecule has 0 unspecified atom stereocenters. The van der Waals surface area contributed by atoms with Gasteiger partial charge in [0, 0.05) is 30.6 Å². The molecule has 0 bridgehead atoms. The third-order valence-electron chi connectivity index (χ3n) is 5.17. The molecule has 2 N–H and O–H groups in total. The molecule has 1 aromatic heterocycles. The smallest absolute Gasteiger partial charge is 0.325 e. The largest absolute Gasteiger partial charge is 0.391 e. The van der Waals surface area contributed by atoms with Crippen LogP contribution in [0, 0.1) is 5.92 Å². The molecule has 4 rings (SSSR count). The second-order valence-corrected chi connectivity index (χ2v) is 7.03. The number of hydrogen-bond acceptors (Lipinski definition) is 5. The summed E-state index contributed by atoms with van der Waals surface area (Å²) in [6.45, 7) is 0.387. The number of nitrogens with zero attached hydrogens (tertiary/aromatic N) is 3. The van der Waals surface area contributed by atoms with Crippen LogP contribution < -0.4 is 5.32 Å². The average Bonchev–Trinajstić information content (AvgIpc) is 3.17. The number of rotatable bonds is 4. The zero-order valence-electron chi connectivity index (χ0n) is 14.7. The summed E-state index contributed by atoms with van der Waals surface area (Å²) in [5.41, 5.74) is 1.99.